The van der Waals surface area contributed by atoms with Gasteiger partial charge < -0.3 is 15.0 Å². The van der Waals surface area contributed by atoms with E-state index in [1.807, 2.05) is 0 Å². The van der Waals surface area contributed by atoms with Crippen molar-refractivity contribution in [2.75, 3.05) is 20.2 Å². The molecule has 9 heteroatoms. The number of hydrogen-bond donors (Lipinski definition) is 1. The van der Waals surface area contributed by atoms with Crippen LogP contribution in [-0.4, -0.2) is 42.7 Å². The minimum Gasteiger partial charge on any atom is -0.496 e. The molecule has 1 fully saturated rings. The van der Waals surface area contributed by atoms with Gasteiger partial charge >= 0.3 is 6.18 Å². The monoisotopic (exact) mass is 462 g/mol. The molecule has 0 aromatic heterocycles. The van der Waals surface area contributed by atoms with E-state index in [0.29, 0.717) is 36.3 Å². The maximum atomic E-state index is 13.2. The van der Waals surface area contributed by atoms with Crippen LogP contribution in [0.5, 0.6) is 5.75 Å². The molecular weight excluding hydrogens is 437 g/mol. The number of nitrogens with zero attached hydrogens (tertiary/aromatic N) is 1. The van der Waals surface area contributed by atoms with Crippen molar-refractivity contribution < 1.29 is 32.3 Å². The van der Waals surface area contributed by atoms with Gasteiger partial charge in [-0.05, 0) is 49.2 Å². The Balaban J connectivity index is 1.86. The fourth-order valence-corrected chi connectivity index (χ4v) is 3.84. The third-order valence-electron chi connectivity index (χ3n) is 5.56. The first-order valence-electron chi connectivity index (χ1n) is 10.5. The maximum absolute atomic E-state index is 13.2. The van der Waals surface area contributed by atoms with Crippen LogP contribution in [0.25, 0.3) is 0 Å². The Morgan fingerprint density at radius 1 is 1.18 bits per heavy atom. The summed E-state index contributed by atoms with van der Waals surface area (Å²) in [6, 6.07) is 8.64. The largest absolute Gasteiger partial charge is 0.496 e. The minimum atomic E-state index is -4.53. The number of amides is 2. The number of likely N-dealkylation sites (tertiary alicyclic amines) is 1. The molecule has 0 aliphatic carbocycles. The van der Waals surface area contributed by atoms with Crippen molar-refractivity contribution >= 4 is 17.6 Å². The smallest absolute Gasteiger partial charge is 0.416 e. The normalized spacial score (nSPS) is 14.8. The minimum absolute atomic E-state index is 0.0660. The SMILES string of the molecule is COc1ccc(C(C)=O)cc1CC(=O)N[C@@H](CN1CCCC1=O)c1cccc(C(F)(F)F)c1. The van der Waals surface area contributed by atoms with Gasteiger partial charge in [-0.25, -0.2) is 0 Å². The van der Waals surface area contributed by atoms with Gasteiger partial charge in [0.25, 0.3) is 0 Å². The number of Topliss-reactive ketones (excluding diaryl/α,β-unsaturated/α-hetero) is 1. The summed E-state index contributed by atoms with van der Waals surface area (Å²) >= 11 is 0. The molecule has 1 atom stereocenters. The highest BCUT2D eigenvalue weighted by Gasteiger charge is 2.32. The zero-order valence-electron chi connectivity index (χ0n) is 18.4. The van der Waals surface area contributed by atoms with E-state index < -0.39 is 23.7 Å². The molecule has 3 rings (SSSR count). The summed E-state index contributed by atoms with van der Waals surface area (Å²) in [5.41, 5.74) is 0.309. The fraction of sp³-hybridized carbons (Fsp3) is 0.375. The molecule has 2 aromatic carbocycles. The van der Waals surface area contributed by atoms with Gasteiger partial charge in [0, 0.05) is 30.6 Å². The van der Waals surface area contributed by atoms with Crippen molar-refractivity contribution in [3.05, 3.63) is 64.7 Å². The Bertz CT molecular complexity index is 1050. The third kappa shape index (κ3) is 6.12. The zero-order chi connectivity index (χ0) is 24.2. The lowest BCUT2D eigenvalue weighted by Crippen LogP contribution is -2.39. The first-order valence-corrected chi connectivity index (χ1v) is 10.5. The number of ketones is 1. The molecule has 1 saturated heterocycles. The number of hydrogen-bond acceptors (Lipinski definition) is 4. The number of carbonyl (C=O) groups is 3. The Hall–Kier alpha value is -3.36. The number of halogens is 3. The quantitative estimate of drug-likeness (QED) is 0.603. The Kier molecular flexibility index (Phi) is 7.40. The van der Waals surface area contributed by atoms with Crippen LogP contribution in [0.1, 0.15) is 52.9 Å². The predicted octanol–water partition coefficient (Wildman–Crippen LogP) is 3.94. The van der Waals surface area contributed by atoms with Gasteiger partial charge in [-0.15, -0.1) is 0 Å². The van der Waals surface area contributed by atoms with Crippen LogP contribution in [0.3, 0.4) is 0 Å². The zero-order valence-corrected chi connectivity index (χ0v) is 18.4. The molecule has 33 heavy (non-hydrogen) atoms. The molecular formula is C24H25F3N2O4. The molecule has 6 nitrogen and oxygen atoms in total. The molecule has 0 spiro atoms. The van der Waals surface area contributed by atoms with E-state index >= 15 is 0 Å². The highest BCUT2D eigenvalue weighted by molar-refractivity contribution is 5.94. The van der Waals surface area contributed by atoms with Crippen LogP contribution in [0.4, 0.5) is 13.2 Å². The highest BCUT2D eigenvalue weighted by Crippen LogP contribution is 2.31. The fourth-order valence-electron chi connectivity index (χ4n) is 3.84. The summed E-state index contributed by atoms with van der Waals surface area (Å²) in [5, 5.41) is 2.77. The van der Waals surface area contributed by atoms with Crippen LogP contribution < -0.4 is 10.1 Å². The maximum Gasteiger partial charge on any atom is 0.416 e. The number of ether oxygens (including phenoxy) is 1. The van der Waals surface area contributed by atoms with E-state index in [4.69, 9.17) is 4.74 Å². The second-order valence-corrected chi connectivity index (χ2v) is 7.95. The summed E-state index contributed by atoms with van der Waals surface area (Å²) in [6.07, 6.45) is -3.64. The molecule has 0 bridgehead atoms. The van der Waals surface area contributed by atoms with Crippen LogP contribution in [0.15, 0.2) is 42.5 Å². The number of benzene rings is 2. The number of nitrogens with one attached hydrogen (secondary N) is 1. The Labute approximate surface area is 189 Å². The molecule has 2 amide bonds. The molecule has 2 aromatic rings. The second kappa shape index (κ2) is 10.1. The number of methoxy groups -OCH3 is 1. The lowest BCUT2D eigenvalue weighted by atomic mass is 10.0. The van der Waals surface area contributed by atoms with Gasteiger partial charge in [0.1, 0.15) is 5.75 Å². The van der Waals surface area contributed by atoms with Crippen molar-refractivity contribution in [3.8, 4) is 5.75 Å². The first kappa shape index (κ1) is 24.3. The van der Waals surface area contributed by atoms with Crippen molar-refractivity contribution in [2.45, 2.75) is 38.4 Å². The van der Waals surface area contributed by atoms with Crippen molar-refractivity contribution in [2.24, 2.45) is 0 Å². The average molecular weight is 462 g/mol. The van der Waals surface area contributed by atoms with E-state index in [1.165, 1.54) is 26.2 Å². The lowest BCUT2D eigenvalue weighted by molar-refractivity contribution is -0.137. The van der Waals surface area contributed by atoms with Crippen molar-refractivity contribution in [1.29, 1.82) is 0 Å². The second-order valence-electron chi connectivity index (χ2n) is 7.95. The van der Waals surface area contributed by atoms with Gasteiger partial charge in [0.15, 0.2) is 5.78 Å². The molecule has 0 unspecified atom stereocenters. The van der Waals surface area contributed by atoms with Gasteiger partial charge in [-0.3, -0.25) is 14.4 Å². The van der Waals surface area contributed by atoms with Crippen LogP contribution in [0.2, 0.25) is 0 Å². The summed E-state index contributed by atoms with van der Waals surface area (Å²) in [7, 11) is 1.44. The Morgan fingerprint density at radius 2 is 1.94 bits per heavy atom. The number of alkyl halides is 3. The van der Waals surface area contributed by atoms with Crippen molar-refractivity contribution in [1.82, 2.24) is 10.2 Å². The van der Waals surface area contributed by atoms with Crippen molar-refractivity contribution in [3.63, 3.8) is 0 Å². The van der Waals surface area contributed by atoms with Gasteiger partial charge in [-0.1, -0.05) is 12.1 Å². The Morgan fingerprint density at radius 3 is 2.55 bits per heavy atom. The summed E-state index contributed by atoms with van der Waals surface area (Å²) < 4.78 is 45.0. The van der Waals surface area contributed by atoms with E-state index in [9.17, 15) is 27.6 Å². The molecule has 0 radical (unpaired) electrons. The number of rotatable bonds is 8. The van der Waals surface area contributed by atoms with Crippen LogP contribution in [0, 0.1) is 0 Å². The molecule has 1 N–H and O–H groups in total. The van der Waals surface area contributed by atoms with Crippen LogP contribution in [-0.2, 0) is 22.2 Å². The summed E-state index contributed by atoms with van der Waals surface area (Å²) in [5.74, 6) is -0.325. The third-order valence-corrected chi connectivity index (χ3v) is 5.56. The first-order chi connectivity index (χ1) is 15.6. The van der Waals surface area contributed by atoms with E-state index in [2.05, 4.69) is 5.32 Å². The van der Waals surface area contributed by atoms with E-state index in [-0.39, 0.29) is 30.2 Å². The molecule has 176 valence electrons. The van der Waals surface area contributed by atoms with Crippen LogP contribution >= 0.6 is 0 Å². The summed E-state index contributed by atoms with van der Waals surface area (Å²) in [4.78, 5) is 38.3. The standard InChI is InChI=1S/C24H25F3N2O4/c1-15(30)16-8-9-21(33-2)18(11-16)13-22(31)28-20(14-29-10-4-7-23(29)32)17-5-3-6-19(12-17)24(25,26)27/h3,5-6,8-9,11-12,20H,4,7,10,13-14H2,1-2H3,(H,28,31)/t20-/m0/s1. The summed E-state index contributed by atoms with van der Waals surface area (Å²) in [6.45, 7) is 1.96. The number of carbonyl (C=O) groups excluding carboxylic acids is 3. The highest BCUT2D eigenvalue weighted by atomic mass is 19.4. The molecule has 1 heterocycles. The predicted molar refractivity (Wildman–Crippen MR) is 115 cm³/mol. The van der Waals surface area contributed by atoms with Gasteiger partial charge in [0.2, 0.25) is 11.8 Å². The van der Waals surface area contributed by atoms with E-state index in [0.717, 1.165) is 12.1 Å². The molecule has 0 saturated carbocycles. The van der Waals surface area contributed by atoms with Gasteiger partial charge in [0.05, 0.1) is 25.1 Å². The molecule has 1 aliphatic heterocycles. The van der Waals surface area contributed by atoms with Gasteiger partial charge in [-0.2, -0.15) is 13.2 Å². The lowest BCUT2D eigenvalue weighted by Gasteiger charge is -2.26. The van der Waals surface area contributed by atoms with E-state index in [1.54, 1.807) is 23.1 Å². The molecule has 1 aliphatic rings. The topological polar surface area (TPSA) is 75.7 Å². The average Bonchev–Trinajstić information content (AvgIpc) is 3.17.